The second-order valence-electron chi connectivity index (χ2n) is 3.64. The first-order valence-electron chi connectivity index (χ1n) is 5.27. The number of rotatable bonds is 4. The van der Waals surface area contributed by atoms with Crippen LogP contribution in [0, 0.1) is 6.92 Å². The van der Waals surface area contributed by atoms with Gasteiger partial charge < -0.3 is 0 Å². The van der Waals surface area contributed by atoms with Gasteiger partial charge in [-0.15, -0.1) is 11.3 Å². The van der Waals surface area contributed by atoms with Crippen molar-refractivity contribution in [2.45, 2.75) is 26.8 Å². The summed E-state index contributed by atoms with van der Waals surface area (Å²) in [5, 5.41) is 6.94. The Labute approximate surface area is 112 Å². The summed E-state index contributed by atoms with van der Waals surface area (Å²) >= 11 is 4.87. The molecule has 0 aromatic carbocycles. The first kappa shape index (κ1) is 12.4. The number of nitrogens with zero attached hydrogens (tertiary/aromatic N) is 3. The Bertz CT molecular complexity index is 547. The molecule has 4 nitrogen and oxygen atoms in total. The Morgan fingerprint density at radius 1 is 1.59 bits per heavy atom. The van der Waals surface area contributed by atoms with Gasteiger partial charge in [0.1, 0.15) is 10.7 Å². The fourth-order valence-corrected chi connectivity index (χ4v) is 2.87. The molecule has 0 atom stereocenters. The minimum atomic E-state index is 0.0468. The Morgan fingerprint density at radius 2 is 2.35 bits per heavy atom. The van der Waals surface area contributed by atoms with Crippen molar-refractivity contribution in [1.82, 2.24) is 14.8 Å². The number of carbonyl (C=O) groups is 1. The number of ketones is 1. The molecule has 90 valence electrons. The van der Waals surface area contributed by atoms with Gasteiger partial charge in [0, 0.05) is 17.6 Å². The maximum atomic E-state index is 12.2. The van der Waals surface area contributed by atoms with Crippen molar-refractivity contribution in [3.63, 3.8) is 0 Å². The summed E-state index contributed by atoms with van der Waals surface area (Å²) in [5.41, 5.74) is 1.58. The van der Waals surface area contributed by atoms with Crippen molar-refractivity contribution in [2.24, 2.45) is 0 Å². The lowest BCUT2D eigenvalue weighted by molar-refractivity contribution is 0.0982. The number of aromatic nitrogens is 3. The molecule has 0 fully saturated rings. The number of thiazole rings is 1. The van der Waals surface area contributed by atoms with Gasteiger partial charge in [-0.05, 0) is 29.8 Å². The standard InChI is InChI=1S/C11H12BrN3OS/c1-3-15-11(8(12)5-13-15)9(16)4-10-14-7(2)6-17-10/h5-6H,3-4H2,1-2H3. The third-order valence-electron chi connectivity index (χ3n) is 2.34. The molecule has 0 aliphatic rings. The summed E-state index contributed by atoms with van der Waals surface area (Å²) in [6.07, 6.45) is 1.99. The summed E-state index contributed by atoms with van der Waals surface area (Å²) in [6.45, 7) is 4.57. The van der Waals surface area contributed by atoms with E-state index in [9.17, 15) is 4.79 Å². The van der Waals surface area contributed by atoms with Crippen molar-refractivity contribution in [3.05, 3.63) is 32.4 Å². The maximum Gasteiger partial charge on any atom is 0.188 e. The summed E-state index contributed by atoms with van der Waals surface area (Å²) in [6, 6.07) is 0. The van der Waals surface area contributed by atoms with Crippen LogP contribution in [0.25, 0.3) is 0 Å². The monoisotopic (exact) mass is 313 g/mol. The first-order chi connectivity index (χ1) is 8.11. The predicted molar refractivity (Wildman–Crippen MR) is 70.5 cm³/mol. The Kier molecular flexibility index (Phi) is 3.73. The number of Topliss-reactive ketones (excluding diaryl/α,β-unsaturated/α-hetero) is 1. The zero-order valence-electron chi connectivity index (χ0n) is 9.61. The number of carbonyl (C=O) groups excluding carboxylic acids is 1. The largest absolute Gasteiger partial charge is 0.292 e. The SMILES string of the molecule is CCn1ncc(Br)c1C(=O)Cc1nc(C)cs1. The maximum absolute atomic E-state index is 12.2. The highest BCUT2D eigenvalue weighted by atomic mass is 79.9. The molecule has 0 amide bonds. The fourth-order valence-electron chi connectivity index (χ4n) is 1.58. The fraction of sp³-hybridized carbons (Fsp3) is 0.364. The smallest absolute Gasteiger partial charge is 0.188 e. The van der Waals surface area contributed by atoms with E-state index in [4.69, 9.17) is 0 Å². The molecule has 0 bridgehead atoms. The van der Waals surface area contributed by atoms with Crippen molar-refractivity contribution in [1.29, 1.82) is 0 Å². The highest BCUT2D eigenvalue weighted by Crippen LogP contribution is 2.19. The van der Waals surface area contributed by atoms with E-state index in [0.717, 1.165) is 15.2 Å². The second kappa shape index (κ2) is 5.10. The van der Waals surface area contributed by atoms with Crippen LogP contribution in [0.2, 0.25) is 0 Å². The van der Waals surface area contributed by atoms with E-state index in [1.54, 1.807) is 10.9 Å². The minimum Gasteiger partial charge on any atom is -0.292 e. The Morgan fingerprint density at radius 3 is 2.94 bits per heavy atom. The molecule has 0 unspecified atom stereocenters. The van der Waals surface area contributed by atoms with Crippen LogP contribution < -0.4 is 0 Å². The van der Waals surface area contributed by atoms with Gasteiger partial charge in [-0.3, -0.25) is 9.48 Å². The van der Waals surface area contributed by atoms with Crippen molar-refractivity contribution in [2.75, 3.05) is 0 Å². The summed E-state index contributed by atoms with van der Waals surface area (Å²) in [7, 11) is 0. The minimum absolute atomic E-state index is 0.0468. The van der Waals surface area contributed by atoms with Gasteiger partial charge in [-0.25, -0.2) is 4.98 Å². The molecule has 2 rings (SSSR count). The average molecular weight is 314 g/mol. The molecule has 0 saturated carbocycles. The Balaban J connectivity index is 2.22. The molecule has 0 radical (unpaired) electrons. The van der Waals surface area contributed by atoms with Gasteiger partial charge >= 0.3 is 0 Å². The van der Waals surface area contributed by atoms with Crippen LogP contribution >= 0.6 is 27.3 Å². The zero-order chi connectivity index (χ0) is 12.4. The van der Waals surface area contributed by atoms with Crippen LogP contribution in [0.3, 0.4) is 0 Å². The third-order valence-corrected chi connectivity index (χ3v) is 3.88. The number of hydrogen-bond acceptors (Lipinski definition) is 4. The van der Waals surface area contributed by atoms with Crippen LogP contribution in [0.1, 0.15) is 28.1 Å². The zero-order valence-corrected chi connectivity index (χ0v) is 12.0. The van der Waals surface area contributed by atoms with Crippen LogP contribution in [0.4, 0.5) is 0 Å². The van der Waals surface area contributed by atoms with Crippen molar-refractivity contribution < 1.29 is 4.79 Å². The van der Waals surface area contributed by atoms with E-state index in [1.165, 1.54) is 11.3 Å². The van der Waals surface area contributed by atoms with E-state index in [0.29, 0.717) is 18.7 Å². The lowest BCUT2D eigenvalue weighted by atomic mass is 10.2. The number of aryl methyl sites for hydroxylation is 2. The predicted octanol–water partition coefficient (Wildman–Crippen LogP) is 2.86. The average Bonchev–Trinajstić information content (AvgIpc) is 2.84. The van der Waals surface area contributed by atoms with Crippen LogP contribution in [0.15, 0.2) is 16.0 Å². The van der Waals surface area contributed by atoms with E-state index in [1.807, 2.05) is 19.2 Å². The van der Waals surface area contributed by atoms with Crippen LogP contribution in [-0.4, -0.2) is 20.5 Å². The highest BCUT2D eigenvalue weighted by molar-refractivity contribution is 9.10. The lowest BCUT2D eigenvalue weighted by Gasteiger charge is -2.03. The summed E-state index contributed by atoms with van der Waals surface area (Å²) in [5.74, 6) is 0.0468. The molecule has 6 heteroatoms. The van der Waals surface area contributed by atoms with E-state index >= 15 is 0 Å². The molecule has 0 spiro atoms. The van der Waals surface area contributed by atoms with Gasteiger partial charge in [0.05, 0.1) is 17.1 Å². The van der Waals surface area contributed by atoms with E-state index in [-0.39, 0.29) is 5.78 Å². The molecule has 2 heterocycles. The topological polar surface area (TPSA) is 47.8 Å². The van der Waals surface area contributed by atoms with Gasteiger partial charge in [0.15, 0.2) is 5.78 Å². The molecular weight excluding hydrogens is 302 g/mol. The molecule has 0 aliphatic heterocycles. The molecule has 0 saturated heterocycles. The third kappa shape index (κ3) is 2.63. The van der Waals surface area contributed by atoms with Crippen LogP contribution in [-0.2, 0) is 13.0 Å². The number of hydrogen-bond donors (Lipinski definition) is 0. The molecule has 0 N–H and O–H groups in total. The highest BCUT2D eigenvalue weighted by Gasteiger charge is 2.17. The quantitative estimate of drug-likeness (QED) is 0.815. The normalized spacial score (nSPS) is 10.8. The van der Waals surface area contributed by atoms with Crippen LogP contribution in [0.5, 0.6) is 0 Å². The van der Waals surface area contributed by atoms with Crippen molar-refractivity contribution in [3.8, 4) is 0 Å². The Hall–Kier alpha value is -1.01. The first-order valence-corrected chi connectivity index (χ1v) is 6.94. The van der Waals surface area contributed by atoms with E-state index in [2.05, 4.69) is 26.0 Å². The molecule has 0 aliphatic carbocycles. The summed E-state index contributed by atoms with van der Waals surface area (Å²) in [4.78, 5) is 16.5. The molecule has 2 aromatic heterocycles. The van der Waals surface area contributed by atoms with Gasteiger partial charge in [-0.2, -0.15) is 5.10 Å². The second-order valence-corrected chi connectivity index (χ2v) is 5.44. The van der Waals surface area contributed by atoms with Gasteiger partial charge in [-0.1, -0.05) is 0 Å². The van der Waals surface area contributed by atoms with Gasteiger partial charge in [0.25, 0.3) is 0 Å². The lowest BCUT2D eigenvalue weighted by Crippen LogP contribution is -2.12. The molecule has 17 heavy (non-hydrogen) atoms. The van der Waals surface area contributed by atoms with Crippen molar-refractivity contribution >= 4 is 33.0 Å². The number of halogens is 1. The molecular formula is C11H12BrN3OS. The summed E-state index contributed by atoms with van der Waals surface area (Å²) < 4.78 is 2.45. The molecule has 2 aromatic rings. The van der Waals surface area contributed by atoms with Gasteiger partial charge in [0.2, 0.25) is 0 Å². The van der Waals surface area contributed by atoms with E-state index < -0.39 is 0 Å².